The van der Waals surface area contributed by atoms with E-state index in [9.17, 15) is 5.11 Å². The Hall–Kier alpha value is -0.960. The van der Waals surface area contributed by atoms with Crippen molar-refractivity contribution in [2.45, 2.75) is 18.9 Å². The molecule has 4 heteroatoms. The molecule has 1 unspecified atom stereocenters. The van der Waals surface area contributed by atoms with Crippen LogP contribution in [0.15, 0.2) is 41.0 Å². The average Bonchev–Trinajstić information content (AvgIpc) is 2.82. The van der Waals surface area contributed by atoms with E-state index >= 15 is 0 Å². The molecule has 17 heavy (non-hydrogen) atoms. The summed E-state index contributed by atoms with van der Waals surface area (Å²) in [6.07, 6.45) is 2.34. The Bertz CT molecular complexity index is 480. The summed E-state index contributed by atoms with van der Waals surface area (Å²) in [4.78, 5) is 0. The van der Waals surface area contributed by atoms with Gasteiger partial charge in [0.05, 0.1) is 22.4 Å². The van der Waals surface area contributed by atoms with Crippen molar-refractivity contribution < 1.29 is 9.52 Å². The van der Waals surface area contributed by atoms with E-state index in [1.165, 1.54) is 0 Å². The summed E-state index contributed by atoms with van der Waals surface area (Å²) in [5.74, 6) is 0.865. The molecule has 1 atom stereocenters. The van der Waals surface area contributed by atoms with Crippen LogP contribution in [0, 0.1) is 0 Å². The summed E-state index contributed by atoms with van der Waals surface area (Å²) in [5.41, 5.74) is 0.769. The topological polar surface area (TPSA) is 33.4 Å². The molecule has 2 aromatic rings. The van der Waals surface area contributed by atoms with Gasteiger partial charge in [0.15, 0.2) is 0 Å². The van der Waals surface area contributed by atoms with Crippen LogP contribution in [-0.4, -0.2) is 5.11 Å². The minimum Gasteiger partial charge on any atom is -0.469 e. The summed E-state index contributed by atoms with van der Waals surface area (Å²) in [7, 11) is 0. The van der Waals surface area contributed by atoms with E-state index in [2.05, 4.69) is 0 Å². The second kappa shape index (κ2) is 5.58. The SMILES string of the molecule is OC(CCc1ccco1)c1ccc(Cl)c(Cl)c1. The molecular weight excluding hydrogens is 259 g/mol. The Morgan fingerprint density at radius 3 is 2.65 bits per heavy atom. The molecule has 0 fully saturated rings. The van der Waals surface area contributed by atoms with Gasteiger partial charge in [-0.3, -0.25) is 0 Å². The lowest BCUT2D eigenvalue weighted by Gasteiger charge is -2.10. The predicted molar refractivity (Wildman–Crippen MR) is 68.5 cm³/mol. The number of aliphatic hydroxyl groups excluding tert-OH is 1. The van der Waals surface area contributed by atoms with Crippen LogP contribution in [0.1, 0.15) is 23.8 Å². The summed E-state index contributed by atoms with van der Waals surface area (Å²) < 4.78 is 5.20. The number of rotatable bonds is 4. The number of aryl methyl sites for hydroxylation is 1. The molecule has 0 amide bonds. The van der Waals surface area contributed by atoms with Crippen molar-refractivity contribution in [3.05, 3.63) is 58.0 Å². The molecule has 0 aliphatic rings. The highest BCUT2D eigenvalue weighted by Gasteiger charge is 2.10. The zero-order valence-corrected chi connectivity index (χ0v) is 10.6. The van der Waals surface area contributed by atoms with Gasteiger partial charge in [-0.15, -0.1) is 0 Å². The molecule has 2 rings (SSSR count). The van der Waals surface area contributed by atoms with E-state index in [-0.39, 0.29) is 0 Å². The Balaban J connectivity index is 1.99. The van der Waals surface area contributed by atoms with Gasteiger partial charge in [0.2, 0.25) is 0 Å². The third kappa shape index (κ3) is 3.25. The fourth-order valence-corrected chi connectivity index (χ4v) is 1.93. The van der Waals surface area contributed by atoms with E-state index in [0.29, 0.717) is 22.9 Å². The first-order valence-corrected chi connectivity index (χ1v) is 6.08. The van der Waals surface area contributed by atoms with E-state index in [4.69, 9.17) is 27.6 Å². The highest BCUT2D eigenvalue weighted by molar-refractivity contribution is 6.42. The quantitative estimate of drug-likeness (QED) is 0.901. The third-order valence-electron chi connectivity index (χ3n) is 2.57. The highest BCUT2D eigenvalue weighted by atomic mass is 35.5. The second-order valence-corrected chi connectivity index (χ2v) is 4.62. The van der Waals surface area contributed by atoms with E-state index in [1.54, 1.807) is 24.5 Å². The number of furan rings is 1. The summed E-state index contributed by atoms with van der Waals surface area (Å²) in [6, 6.07) is 8.88. The zero-order valence-electron chi connectivity index (χ0n) is 9.07. The molecule has 2 nitrogen and oxygen atoms in total. The number of benzene rings is 1. The van der Waals surface area contributed by atoms with Crippen LogP contribution in [-0.2, 0) is 6.42 Å². The maximum Gasteiger partial charge on any atom is 0.103 e. The minimum absolute atomic E-state index is 0.459. The van der Waals surface area contributed by atoms with Gasteiger partial charge in [0.25, 0.3) is 0 Å². The van der Waals surface area contributed by atoms with Crippen LogP contribution >= 0.6 is 23.2 Å². The lowest BCUT2D eigenvalue weighted by Crippen LogP contribution is -1.99. The molecule has 0 saturated heterocycles. The van der Waals surface area contributed by atoms with Crippen LogP contribution in [0.4, 0.5) is 0 Å². The van der Waals surface area contributed by atoms with Crippen molar-refractivity contribution in [3.8, 4) is 0 Å². The molecular formula is C13H12Cl2O2. The number of hydrogen-bond donors (Lipinski definition) is 1. The van der Waals surface area contributed by atoms with Gasteiger partial charge in [-0.25, -0.2) is 0 Å². The molecule has 1 aromatic carbocycles. The second-order valence-electron chi connectivity index (χ2n) is 3.81. The summed E-state index contributed by atoms with van der Waals surface area (Å²) in [5, 5.41) is 10.9. The Kier molecular flexibility index (Phi) is 4.11. The van der Waals surface area contributed by atoms with Gasteiger partial charge < -0.3 is 9.52 Å². The molecule has 0 bridgehead atoms. The Morgan fingerprint density at radius 1 is 1.18 bits per heavy atom. The van der Waals surface area contributed by atoms with Crippen LogP contribution in [0.2, 0.25) is 10.0 Å². The van der Waals surface area contributed by atoms with Gasteiger partial charge in [-0.05, 0) is 36.2 Å². The molecule has 1 heterocycles. The Labute approximate surface area is 110 Å². The molecule has 90 valence electrons. The maximum absolute atomic E-state index is 9.99. The molecule has 0 radical (unpaired) electrons. The highest BCUT2D eigenvalue weighted by Crippen LogP contribution is 2.27. The van der Waals surface area contributed by atoms with Crippen molar-refractivity contribution >= 4 is 23.2 Å². The number of aliphatic hydroxyl groups is 1. The van der Waals surface area contributed by atoms with Crippen LogP contribution in [0.3, 0.4) is 0 Å². The predicted octanol–water partition coefficient (Wildman–Crippen LogP) is 4.25. The fourth-order valence-electron chi connectivity index (χ4n) is 1.62. The average molecular weight is 271 g/mol. The number of hydrogen-bond acceptors (Lipinski definition) is 2. The maximum atomic E-state index is 9.99. The molecule has 0 aliphatic carbocycles. The molecule has 0 saturated carbocycles. The van der Waals surface area contributed by atoms with Crippen molar-refractivity contribution in [1.82, 2.24) is 0 Å². The lowest BCUT2D eigenvalue weighted by atomic mass is 10.0. The van der Waals surface area contributed by atoms with Crippen LogP contribution in [0.25, 0.3) is 0 Å². The van der Waals surface area contributed by atoms with Crippen molar-refractivity contribution in [1.29, 1.82) is 0 Å². The first-order valence-electron chi connectivity index (χ1n) is 5.32. The first kappa shape index (κ1) is 12.5. The largest absolute Gasteiger partial charge is 0.469 e. The van der Waals surface area contributed by atoms with Gasteiger partial charge in [0.1, 0.15) is 5.76 Å². The van der Waals surface area contributed by atoms with Gasteiger partial charge >= 0.3 is 0 Å². The molecule has 1 aromatic heterocycles. The van der Waals surface area contributed by atoms with E-state index in [1.807, 2.05) is 12.1 Å². The molecule has 1 N–H and O–H groups in total. The number of halogens is 2. The first-order chi connectivity index (χ1) is 8.16. The standard InChI is InChI=1S/C13H12Cl2O2/c14-11-5-3-9(8-12(11)15)13(16)6-4-10-2-1-7-17-10/h1-3,5,7-8,13,16H,4,6H2. The molecule has 0 aliphatic heterocycles. The summed E-state index contributed by atoms with van der Waals surface area (Å²) >= 11 is 11.7. The van der Waals surface area contributed by atoms with Crippen molar-refractivity contribution in [3.63, 3.8) is 0 Å². The normalized spacial score (nSPS) is 12.6. The van der Waals surface area contributed by atoms with Gasteiger partial charge in [0, 0.05) is 6.42 Å². The van der Waals surface area contributed by atoms with Crippen molar-refractivity contribution in [2.75, 3.05) is 0 Å². The van der Waals surface area contributed by atoms with E-state index in [0.717, 1.165) is 11.3 Å². The fraction of sp³-hybridized carbons (Fsp3) is 0.231. The van der Waals surface area contributed by atoms with Gasteiger partial charge in [-0.2, -0.15) is 0 Å². The molecule has 0 spiro atoms. The third-order valence-corrected chi connectivity index (χ3v) is 3.31. The minimum atomic E-state index is -0.560. The Morgan fingerprint density at radius 2 is 2.00 bits per heavy atom. The van der Waals surface area contributed by atoms with Gasteiger partial charge in [-0.1, -0.05) is 29.3 Å². The van der Waals surface area contributed by atoms with Crippen LogP contribution < -0.4 is 0 Å². The van der Waals surface area contributed by atoms with E-state index < -0.39 is 6.10 Å². The van der Waals surface area contributed by atoms with Crippen LogP contribution in [0.5, 0.6) is 0 Å². The zero-order chi connectivity index (χ0) is 12.3. The lowest BCUT2D eigenvalue weighted by molar-refractivity contribution is 0.165. The summed E-state index contributed by atoms with van der Waals surface area (Å²) in [6.45, 7) is 0. The van der Waals surface area contributed by atoms with Crippen molar-refractivity contribution in [2.24, 2.45) is 0 Å². The monoisotopic (exact) mass is 270 g/mol. The smallest absolute Gasteiger partial charge is 0.103 e.